The van der Waals surface area contributed by atoms with Crippen molar-refractivity contribution in [1.82, 2.24) is 5.32 Å². The highest BCUT2D eigenvalue weighted by Crippen LogP contribution is 2.18. The monoisotopic (exact) mass is 347 g/mol. The molecule has 0 atom stereocenters. The molecule has 0 aliphatic rings. The molecule has 0 aliphatic carbocycles. The van der Waals surface area contributed by atoms with Crippen molar-refractivity contribution in [2.24, 2.45) is 0 Å². The van der Waals surface area contributed by atoms with Crippen molar-refractivity contribution in [3.63, 3.8) is 0 Å². The van der Waals surface area contributed by atoms with Crippen LogP contribution in [0.5, 0.6) is 5.75 Å². The maximum atomic E-state index is 12.4. The number of para-hydroxylation sites is 1. The van der Waals surface area contributed by atoms with E-state index in [2.05, 4.69) is 5.32 Å². The molecule has 0 fully saturated rings. The molecule has 0 heterocycles. The molecule has 5 nitrogen and oxygen atoms in total. The number of sulfone groups is 1. The lowest BCUT2D eigenvalue weighted by atomic mass is 10.1. The van der Waals surface area contributed by atoms with Crippen molar-refractivity contribution in [1.29, 1.82) is 0 Å². The van der Waals surface area contributed by atoms with Crippen LogP contribution in [0.25, 0.3) is 0 Å². The van der Waals surface area contributed by atoms with Crippen LogP contribution in [0.15, 0.2) is 47.4 Å². The maximum absolute atomic E-state index is 12.4. The first-order valence-corrected chi connectivity index (χ1v) is 9.43. The summed E-state index contributed by atoms with van der Waals surface area (Å²) < 4.78 is 28.6. The summed E-state index contributed by atoms with van der Waals surface area (Å²) in [5.41, 5.74) is 2.11. The summed E-state index contributed by atoms with van der Waals surface area (Å²) in [4.78, 5) is 12.5. The van der Waals surface area contributed by atoms with Gasteiger partial charge in [0.1, 0.15) is 5.75 Å². The van der Waals surface area contributed by atoms with Gasteiger partial charge in [0.15, 0.2) is 9.84 Å². The van der Waals surface area contributed by atoms with Crippen LogP contribution in [-0.4, -0.2) is 34.2 Å². The minimum absolute atomic E-state index is 0.142. The van der Waals surface area contributed by atoms with Gasteiger partial charge in [0.05, 0.1) is 12.0 Å². The molecule has 2 aromatic carbocycles. The van der Waals surface area contributed by atoms with E-state index in [1.165, 1.54) is 12.1 Å². The number of carbonyl (C=O) groups is 1. The summed E-state index contributed by atoms with van der Waals surface area (Å²) in [6.07, 6.45) is 1.75. The van der Waals surface area contributed by atoms with Gasteiger partial charge in [0.2, 0.25) is 0 Å². The van der Waals surface area contributed by atoms with Gasteiger partial charge in [-0.15, -0.1) is 0 Å². The topological polar surface area (TPSA) is 72.5 Å². The van der Waals surface area contributed by atoms with E-state index in [1.54, 1.807) is 20.1 Å². The van der Waals surface area contributed by atoms with Gasteiger partial charge < -0.3 is 10.1 Å². The van der Waals surface area contributed by atoms with Crippen molar-refractivity contribution in [3.8, 4) is 5.75 Å². The number of hydrogen-bond acceptors (Lipinski definition) is 4. The minimum Gasteiger partial charge on any atom is -0.496 e. The second-order valence-corrected chi connectivity index (χ2v) is 7.58. The number of rotatable bonds is 6. The second-order valence-electron chi connectivity index (χ2n) is 5.57. The molecule has 0 saturated heterocycles. The van der Waals surface area contributed by atoms with E-state index in [0.29, 0.717) is 18.5 Å². The molecule has 0 aromatic heterocycles. The molecule has 128 valence electrons. The number of amides is 1. The number of ether oxygens (including phenoxy) is 1. The predicted octanol–water partition coefficient (Wildman–Crippen LogP) is 2.38. The van der Waals surface area contributed by atoms with Gasteiger partial charge in [-0.3, -0.25) is 4.79 Å². The van der Waals surface area contributed by atoms with E-state index < -0.39 is 9.84 Å². The van der Waals surface area contributed by atoms with E-state index in [-0.39, 0.29) is 10.8 Å². The average Bonchev–Trinajstić information content (AvgIpc) is 2.54. The van der Waals surface area contributed by atoms with Crippen LogP contribution >= 0.6 is 0 Å². The Morgan fingerprint density at radius 3 is 2.54 bits per heavy atom. The molecule has 0 unspecified atom stereocenters. The number of aryl methyl sites for hydroxylation is 1. The van der Waals surface area contributed by atoms with Crippen molar-refractivity contribution in [2.45, 2.75) is 18.2 Å². The summed E-state index contributed by atoms with van der Waals surface area (Å²) >= 11 is 0. The summed E-state index contributed by atoms with van der Waals surface area (Å²) in [5.74, 6) is 0.495. The number of carbonyl (C=O) groups excluding carboxylic acids is 1. The third-order valence-corrected chi connectivity index (χ3v) is 4.86. The number of nitrogens with one attached hydrogen (secondary N) is 1. The fourth-order valence-electron chi connectivity index (χ4n) is 2.39. The Balaban J connectivity index is 2.08. The van der Waals surface area contributed by atoms with E-state index in [0.717, 1.165) is 23.1 Å². The zero-order valence-corrected chi connectivity index (χ0v) is 14.8. The minimum atomic E-state index is -3.34. The Labute approximate surface area is 142 Å². The molecule has 0 spiro atoms. The standard InChI is InChI=1S/C18H21NO4S/c1-13-8-9-15(24(3,21)22)12-16(13)18(20)19-11-10-14-6-4-5-7-17(14)23-2/h4-9,12H,10-11H2,1-3H3,(H,19,20). The van der Waals surface area contributed by atoms with E-state index in [9.17, 15) is 13.2 Å². The van der Waals surface area contributed by atoms with Crippen molar-refractivity contribution in [3.05, 3.63) is 59.2 Å². The van der Waals surface area contributed by atoms with Crippen LogP contribution in [0.1, 0.15) is 21.5 Å². The van der Waals surface area contributed by atoms with Gasteiger partial charge in [0.25, 0.3) is 5.91 Å². The lowest BCUT2D eigenvalue weighted by molar-refractivity contribution is 0.0953. The maximum Gasteiger partial charge on any atom is 0.251 e. The zero-order chi connectivity index (χ0) is 17.7. The second kappa shape index (κ2) is 7.49. The Bertz CT molecular complexity index is 844. The molecule has 0 aliphatic heterocycles. The molecule has 0 saturated carbocycles. The first kappa shape index (κ1) is 18.0. The average molecular weight is 347 g/mol. The molecule has 0 radical (unpaired) electrons. The molecule has 2 rings (SSSR count). The van der Waals surface area contributed by atoms with Crippen LogP contribution in [0.2, 0.25) is 0 Å². The molecule has 1 amide bonds. The van der Waals surface area contributed by atoms with Crippen molar-refractivity contribution < 1.29 is 17.9 Å². The normalized spacial score (nSPS) is 11.1. The highest BCUT2D eigenvalue weighted by Gasteiger charge is 2.14. The Morgan fingerprint density at radius 2 is 1.88 bits per heavy atom. The molecule has 6 heteroatoms. The fraction of sp³-hybridized carbons (Fsp3) is 0.278. The zero-order valence-electron chi connectivity index (χ0n) is 14.0. The summed E-state index contributed by atoms with van der Waals surface area (Å²) in [6, 6.07) is 12.2. The Hall–Kier alpha value is -2.34. The van der Waals surface area contributed by atoms with Gasteiger partial charge in [-0.2, -0.15) is 0 Å². The molecule has 24 heavy (non-hydrogen) atoms. The van der Waals surface area contributed by atoms with Crippen molar-refractivity contribution in [2.75, 3.05) is 19.9 Å². The van der Waals surface area contributed by atoms with Gasteiger partial charge in [-0.1, -0.05) is 24.3 Å². The van der Waals surface area contributed by atoms with Gasteiger partial charge in [-0.05, 0) is 42.7 Å². The lowest BCUT2D eigenvalue weighted by Crippen LogP contribution is -2.26. The fourth-order valence-corrected chi connectivity index (χ4v) is 3.04. The van der Waals surface area contributed by atoms with Gasteiger partial charge in [-0.25, -0.2) is 8.42 Å². The smallest absolute Gasteiger partial charge is 0.251 e. The van der Waals surface area contributed by atoms with Crippen LogP contribution in [0, 0.1) is 6.92 Å². The summed E-state index contributed by atoms with van der Waals surface area (Å²) in [5, 5.41) is 2.83. The summed E-state index contributed by atoms with van der Waals surface area (Å²) in [7, 11) is -1.74. The van der Waals surface area contributed by atoms with E-state index >= 15 is 0 Å². The molecular weight excluding hydrogens is 326 g/mol. The predicted molar refractivity (Wildman–Crippen MR) is 93.3 cm³/mol. The van der Waals surface area contributed by atoms with Gasteiger partial charge in [0, 0.05) is 18.4 Å². The van der Waals surface area contributed by atoms with Crippen LogP contribution < -0.4 is 10.1 Å². The van der Waals surface area contributed by atoms with Crippen molar-refractivity contribution >= 4 is 15.7 Å². The third kappa shape index (κ3) is 4.35. The quantitative estimate of drug-likeness (QED) is 0.871. The van der Waals surface area contributed by atoms with Crippen LogP contribution in [0.4, 0.5) is 0 Å². The Kier molecular flexibility index (Phi) is 5.62. The lowest BCUT2D eigenvalue weighted by Gasteiger charge is -2.11. The van der Waals surface area contributed by atoms with Crippen LogP contribution in [0.3, 0.4) is 0 Å². The highest BCUT2D eigenvalue weighted by molar-refractivity contribution is 7.90. The first-order valence-electron chi connectivity index (χ1n) is 7.53. The van der Waals surface area contributed by atoms with Crippen LogP contribution in [-0.2, 0) is 16.3 Å². The van der Waals surface area contributed by atoms with E-state index in [4.69, 9.17) is 4.74 Å². The molecule has 0 bridgehead atoms. The Morgan fingerprint density at radius 1 is 1.17 bits per heavy atom. The van der Waals surface area contributed by atoms with Gasteiger partial charge >= 0.3 is 0 Å². The first-order chi connectivity index (χ1) is 11.3. The molecular formula is C18H21NO4S. The molecule has 2 aromatic rings. The highest BCUT2D eigenvalue weighted by atomic mass is 32.2. The summed E-state index contributed by atoms with van der Waals surface area (Å²) in [6.45, 7) is 2.21. The number of benzene rings is 2. The largest absolute Gasteiger partial charge is 0.496 e. The number of hydrogen-bond donors (Lipinski definition) is 1. The molecule has 1 N–H and O–H groups in total. The third-order valence-electron chi connectivity index (χ3n) is 3.75. The van der Waals surface area contributed by atoms with E-state index in [1.807, 2.05) is 24.3 Å². The number of methoxy groups -OCH3 is 1. The SMILES string of the molecule is COc1ccccc1CCNC(=O)c1cc(S(C)(=O)=O)ccc1C.